The van der Waals surface area contributed by atoms with E-state index in [1.165, 1.54) is 0 Å². The Hall–Kier alpha value is -3.20. The lowest BCUT2D eigenvalue weighted by Crippen LogP contribution is -2.47. The molecule has 3 N–H and O–H groups in total. The van der Waals surface area contributed by atoms with Gasteiger partial charge in [-0.1, -0.05) is 38.4 Å². The van der Waals surface area contributed by atoms with E-state index >= 15 is 0 Å². The molecule has 1 atom stereocenters. The van der Waals surface area contributed by atoms with Crippen LogP contribution < -0.4 is 16.0 Å². The van der Waals surface area contributed by atoms with Gasteiger partial charge < -0.3 is 16.0 Å². The number of amides is 1. The molecule has 0 aliphatic carbocycles. The number of carbonyl (C=O) groups excluding carboxylic acids is 1. The molecule has 3 aromatic heterocycles. The average Bonchev–Trinajstić information content (AvgIpc) is 3.15. The lowest BCUT2D eigenvalue weighted by Gasteiger charge is -2.35. The summed E-state index contributed by atoms with van der Waals surface area (Å²) in [6, 6.07) is 3.32. The maximum atomic E-state index is 12.4. The highest BCUT2D eigenvalue weighted by Crippen LogP contribution is 2.33. The minimum Gasteiger partial charge on any atom is -0.356 e. The van der Waals surface area contributed by atoms with Crippen LogP contribution in [-0.2, 0) is 17.9 Å². The van der Waals surface area contributed by atoms with E-state index in [9.17, 15) is 4.79 Å². The van der Waals surface area contributed by atoms with Gasteiger partial charge in [0.1, 0.15) is 16.9 Å². The van der Waals surface area contributed by atoms with Crippen molar-refractivity contribution in [2.24, 2.45) is 5.41 Å². The van der Waals surface area contributed by atoms with Gasteiger partial charge in [0.2, 0.25) is 11.9 Å². The van der Waals surface area contributed by atoms with Crippen LogP contribution in [0.5, 0.6) is 0 Å². The highest BCUT2D eigenvalue weighted by atomic mass is 35.5. The van der Waals surface area contributed by atoms with Crippen LogP contribution in [0.15, 0.2) is 30.7 Å². The van der Waals surface area contributed by atoms with Gasteiger partial charge in [-0.25, -0.2) is 9.97 Å². The van der Waals surface area contributed by atoms with Crippen molar-refractivity contribution in [3.8, 4) is 0 Å². The van der Waals surface area contributed by atoms with Crippen LogP contribution in [0.25, 0.3) is 0 Å². The Labute approximate surface area is 185 Å². The number of carbonyl (C=O) groups is 1. The van der Waals surface area contributed by atoms with Gasteiger partial charge in [-0.3, -0.25) is 9.48 Å². The number of anilines is 3. The smallest absolute Gasteiger partial charge is 0.247 e. The Bertz CT molecular complexity index is 1100. The predicted octanol–water partition coefficient (Wildman–Crippen LogP) is 3.47. The molecule has 0 fully saturated rings. The quantitative estimate of drug-likeness (QED) is 0.521. The minimum absolute atomic E-state index is 0.0734. The summed E-state index contributed by atoms with van der Waals surface area (Å²) >= 11 is 5.83. The van der Waals surface area contributed by atoms with Crippen molar-refractivity contribution in [2.75, 3.05) is 16.0 Å². The van der Waals surface area contributed by atoms with Crippen molar-refractivity contribution < 1.29 is 4.79 Å². The molecule has 1 aliphatic heterocycles. The third kappa shape index (κ3) is 4.77. The molecule has 10 heteroatoms. The Morgan fingerprint density at radius 1 is 1.19 bits per heavy atom. The first-order chi connectivity index (χ1) is 14.7. The number of halogens is 1. The summed E-state index contributed by atoms with van der Waals surface area (Å²) in [5.74, 6) is 1.04. The summed E-state index contributed by atoms with van der Waals surface area (Å²) in [6.45, 7) is 9.02. The van der Waals surface area contributed by atoms with E-state index in [0.717, 1.165) is 11.1 Å². The van der Waals surface area contributed by atoms with Crippen LogP contribution >= 0.6 is 11.6 Å². The molecule has 1 amide bonds. The first kappa shape index (κ1) is 21.0. The maximum Gasteiger partial charge on any atom is 0.247 e. The van der Waals surface area contributed by atoms with Crippen LogP contribution in [0.4, 0.5) is 17.5 Å². The van der Waals surface area contributed by atoms with Gasteiger partial charge in [0, 0.05) is 24.5 Å². The number of nitrogens with one attached hydrogen (secondary N) is 3. The van der Waals surface area contributed by atoms with Crippen LogP contribution in [0.3, 0.4) is 0 Å². The average molecular weight is 441 g/mol. The van der Waals surface area contributed by atoms with Crippen molar-refractivity contribution in [1.29, 1.82) is 0 Å². The van der Waals surface area contributed by atoms with Crippen LogP contribution in [-0.4, -0.2) is 36.7 Å². The van der Waals surface area contributed by atoms with Crippen molar-refractivity contribution in [3.63, 3.8) is 0 Å². The molecule has 31 heavy (non-hydrogen) atoms. The highest BCUT2D eigenvalue weighted by Gasteiger charge is 2.36. The van der Waals surface area contributed by atoms with E-state index in [1.54, 1.807) is 18.5 Å². The van der Waals surface area contributed by atoms with E-state index in [2.05, 4.69) is 36.0 Å². The molecule has 0 saturated carbocycles. The van der Waals surface area contributed by atoms with Gasteiger partial charge in [0.05, 0.1) is 18.4 Å². The lowest BCUT2D eigenvalue weighted by molar-refractivity contribution is -0.119. The summed E-state index contributed by atoms with van der Waals surface area (Å²) in [4.78, 5) is 25.6. The molecule has 9 nitrogen and oxygen atoms in total. The Morgan fingerprint density at radius 2 is 2.00 bits per heavy atom. The van der Waals surface area contributed by atoms with E-state index in [4.69, 9.17) is 11.6 Å². The monoisotopic (exact) mass is 440 g/mol. The van der Waals surface area contributed by atoms with Gasteiger partial charge in [0.15, 0.2) is 5.82 Å². The second-order valence-electron chi connectivity index (χ2n) is 8.68. The summed E-state index contributed by atoms with van der Waals surface area (Å²) in [7, 11) is 0. The largest absolute Gasteiger partial charge is 0.356 e. The third-order valence-corrected chi connectivity index (χ3v) is 5.24. The molecule has 1 aliphatic rings. The molecule has 4 heterocycles. The summed E-state index contributed by atoms with van der Waals surface area (Å²) < 4.78 is 1.84. The second kappa shape index (κ2) is 8.14. The molecule has 0 aromatic carbocycles. The SMILES string of the molecule is Cc1nc(NCc2cnn(Cc3ccc(Cl)nc3)c2)nc2c1NC(=O)[C@H](C(C)(C)C)N2. The van der Waals surface area contributed by atoms with E-state index in [0.29, 0.717) is 41.4 Å². The Balaban J connectivity index is 1.44. The minimum atomic E-state index is -0.372. The molecule has 0 spiro atoms. The van der Waals surface area contributed by atoms with E-state index < -0.39 is 0 Å². The number of nitrogens with zero attached hydrogens (tertiary/aromatic N) is 5. The van der Waals surface area contributed by atoms with Crippen LogP contribution in [0, 0.1) is 12.3 Å². The summed E-state index contributed by atoms with van der Waals surface area (Å²) in [5, 5.41) is 14.3. The number of hydrogen-bond acceptors (Lipinski definition) is 7. The molecule has 3 aromatic rings. The third-order valence-electron chi connectivity index (χ3n) is 5.02. The van der Waals surface area contributed by atoms with Gasteiger partial charge >= 0.3 is 0 Å². The number of pyridine rings is 1. The zero-order valence-electron chi connectivity index (χ0n) is 17.9. The van der Waals surface area contributed by atoms with E-state index in [1.807, 2.05) is 44.6 Å². The van der Waals surface area contributed by atoms with Crippen molar-refractivity contribution in [1.82, 2.24) is 24.7 Å². The van der Waals surface area contributed by atoms with Gasteiger partial charge in [0.25, 0.3) is 0 Å². The Kier molecular flexibility index (Phi) is 5.53. The predicted molar refractivity (Wildman–Crippen MR) is 120 cm³/mol. The van der Waals surface area contributed by atoms with Crippen LogP contribution in [0.2, 0.25) is 5.15 Å². The molecule has 0 bridgehead atoms. The van der Waals surface area contributed by atoms with Gasteiger partial charge in [-0.15, -0.1) is 0 Å². The van der Waals surface area contributed by atoms with Gasteiger partial charge in [-0.05, 0) is 24.0 Å². The van der Waals surface area contributed by atoms with E-state index in [-0.39, 0.29) is 17.4 Å². The number of aromatic nitrogens is 5. The first-order valence-electron chi connectivity index (χ1n) is 10.0. The zero-order chi connectivity index (χ0) is 22.2. The Morgan fingerprint density at radius 3 is 2.71 bits per heavy atom. The molecule has 0 saturated heterocycles. The number of aryl methyl sites for hydroxylation is 1. The number of fused-ring (bicyclic) bond motifs is 1. The van der Waals surface area contributed by atoms with Crippen molar-refractivity contribution >= 4 is 35.0 Å². The highest BCUT2D eigenvalue weighted by molar-refractivity contribution is 6.29. The fourth-order valence-electron chi connectivity index (χ4n) is 3.37. The second-order valence-corrected chi connectivity index (χ2v) is 9.06. The van der Waals surface area contributed by atoms with Crippen LogP contribution in [0.1, 0.15) is 37.6 Å². The molecule has 4 rings (SSSR count). The molecular formula is C21H25ClN8O. The van der Waals surface area contributed by atoms with Crippen molar-refractivity contribution in [2.45, 2.75) is 46.8 Å². The zero-order valence-corrected chi connectivity index (χ0v) is 18.7. The van der Waals surface area contributed by atoms with Gasteiger partial charge in [-0.2, -0.15) is 10.1 Å². The fraction of sp³-hybridized carbons (Fsp3) is 0.381. The maximum absolute atomic E-state index is 12.4. The summed E-state index contributed by atoms with van der Waals surface area (Å²) in [6.07, 6.45) is 5.50. The lowest BCUT2D eigenvalue weighted by atomic mass is 9.85. The first-order valence-corrected chi connectivity index (χ1v) is 10.4. The topological polar surface area (TPSA) is 110 Å². The number of hydrogen-bond donors (Lipinski definition) is 3. The normalized spacial score (nSPS) is 15.8. The fourth-order valence-corrected chi connectivity index (χ4v) is 3.48. The molecule has 162 valence electrons. The molecule has 0 radical (unpaired) electrons. The van der Waals surface area contributed by atoms with Crippen molar-refractivity contribution in [3.05, 3.63) is 52.7 Å². The molecular weight excluding hydrogens is 416 g/mol. The number of rotatable bonds is 5. The standard InChI is InChI=1S/C21H25ClN8O/c1-12-16-18(28-17(19(31)27-16)21(2,3)4)29-20(26-12)24-8-14-9-25-30(11-14)10-13-5-6-15(22)23-7-13/h5-7,9,11,17H,8,10H2,1-4H3,(H,27,31)(H2,24,26,28,29)/t17-/m1/s1. The molecule has 0 unspecified atom stereocenters. The summed E-state index contributed by atoms with van der Waals surface area (Å²) in [5.41, 5.74) is 3.09.